The number of para-hydroxylation sites is 1. The van der Waals surface area contributed by atoms with Crippen LogP contribution in [0.15, 0.2) is 24.3 Å². The summed E-state index contributed by atoms with van der Waals surface area (Å²) in [7, 11) is 0. The lowest BCUT2D eigenvalue weighted by atomic mass is 9.86. The standard InChI is InChI=1S/C16H23ClO2/c1-5-18-15-12(17)10-14(15)19-13-9-7-6-8-11(13)16(2,3)4/h6-9,12,14-15H,5,10H2,1-4H3. The van der Waals surface area contributed by atoms with Crippen LogP contribution >= 0.6 is 11.6 Å². The first-order valence-electron chi connectivity index (χ1n) is 6.95. The molecule has 19 heavy (non-hydrogen) atoms. The van der Waals surface area contributed by atoms with Crippen molar-refractivity contribution in [3.63, 3.8) is 0 Å². The number of halogens is 1. The fraction of sp³-hybridized carbons (Fsp3) is 0.625. The Morgan fingerprint density at radius 3 is 2.53 bits per heavy atom. The molecule has 3 heteroatoms. The summed E-state index contributed by atoms with van der Waals surface area (Å²) >= 11 is 6.18. The zero-order chi connectivity index (χ0) is 14.0. The monoisotopic (exact) mass is 282 g/mol. The van der Waals surface area contributed by atoms with Crippen molar-refractivity contribution in [1.29, 1.82) is 0 Å². The second-order valence-electron chi connectivity index (χ2n) is 6.07. The first kappa shape index (κ1) is 14.7. The molecule has 1 aromatic rings. The van der Waals surface area contributed by atoms with Gasteiger partial charge in [-0.05, 0) is 24.0 Å². The molecule has 0 aromatic heterocycles. The molecular weight excluding hydrogens is 260 g/mol. The Morgan fingerprint density at radius 2 is 1.95 bits per heavy atom. The summed E-state index contributed by atoms with van der Waals surface area (Å²) in [6.07, 6.45) is 0.940. The van der Waals surface area contributed by atoms with Gasteiger partial charge in [-0.25, -0.2) is 0 Å². The summed E-state index contributed by atoms with van der Waals surface area (Å²) in [5.74, 6) is 0.952. The average molecular weight is 283 g/mol. The van der Waals surface area contributed by atoms with E-state index in [9.17, 15) is 0 Å². The molecule has 1 aliphatic carbocycles. The van der Waals surface area contributed by atoms with Crippen molar-refractivity contribution in [3.05, 3.63) is 29.8 Å². The van der Waals surface area contributed by atoms with E-state index >= 15 is 0 Å². The molecule has 1 saturated carbocycles. The maximum atomic E-state index is 6.18. The van der Waals surface area contributed by atoms with E-state index in [1.807, 2.05) is 19.1 Å². The molecule has 0 heterocycles. The number of alkyl halides is 1. The van der Waals surface area contributed by atoms with Crippen LogP contribution in [0.25, 0.3) is 0 Å². The molecule has 0 aliphatic heterocycles. The highest BCUT2D eigenvalue weighted by atomic mass is 35.5. The van der Waals surface area contributed by atoms with Gasteiger partial charge in [0, 0.05) is 13.0 Å². The van der Waals surface area contributed by atoms with E-state index in [4.69, 9.17) is 21.1 Å². The van der Waals surface area contributed by atoms with Crippen LogP contribution in [0.1, 0.15) is 39.7 Å². The maximum absolute atomic E-state index is 6.18. The third-order valence-corrected chi connectivity index (χ3v) is 3.94. The number of benzene rings is 1. The van der Waals surface area contributed by atoms with Crippen LogP contribution in [0.5, 0.6) is 5.75 Å². The molecule has 3 unspecified atom stereocenters. The highest BCUT2D eigenvalue weighted by Crippen LogP contribution is 2.37. The highest BCUT2D eigenvalue weighted by molar-refractivity contribution is 6.21. The Bertz CT molecular complexity index is 425. The van der Waals surface area contributed by atoms with Crippen LogP contribution in [-0.2, 0) is 10.2 Å². The molecule has 2 nitrogen and oxygen atoms in total. The molecule has 0 saturated heterocycles. The van der Waals surface area contributed by atoms with Crippen LogP contribution in [-0.4, -0.2) is 24.2 Å². The van der Waals surface area contributed by atoms with Gasteiger partial charge in [0.15, 0.2) is 0 Å². The van der Waals surface area contributed by atoms with Crippen molar-refractivity contribution in [2.45, 2.75) is 57.1 Å². The van der Waals surface area contributed by atoms with Crippen LogP contribution in [0.2, 0.25) is 0 Å². The summed E-state index contributed by atoms with van der Waals surface area (Å²) in [5, 5.41) is 0.0757. The van der Waals surface area contributed by atoms with Crippen molar-refractivity contribution in [1.82, 2.24) is 0 Å². The van der Waals surface area contributed by atoms with Gasteiger partial charge in [0.1, 0.15) is 18.0 Å². The van der Waals surface area contributed by atoms with E-state index in [1.54, 1.807) is 0 Å². The zero-order valence-corrected chi connectivity index (χ0v) is 12.9. The van der Waals surface area contributed by atoms with Crippen molar-refractivity contribution in [3.8, 4) is 5.75 Å². The Balaban J connectivity index is 2.12. The van der Waals surface area contributed by atoms with Crippen molar-refractivity contribution in [2.24, 2.45) is 0 Å². The SMILES string of the molecule is CCOC1C(Cl)CC1Oc1ccccc1C(C)(C)C. The lowest BCUT2D eigenvalue weighted by Crippen LogP contribution is -2.52. The van der Waals surface area contributed by atoms with Crippen molar-refractivity contribution in [2.75, 3.05) is 6.61 Å². The van der Waals surface area contributed by atoms with E-state index in [0.29, 0.717) is 6.61 Å². The van der Waals surface area contributed by atoms with Gasteiger partial charge in [-0.2, -0.15) is 0 Å². The number of hydrogen-bond donors (Lipinski definition) is 0. The summed E-state index contributed by atoms with van der Waals surface area (Å²) in [4.78, 5) is 0. The molecule has 0 radical (unpaired) electrons. The Morgan fingerprint density at radius 1 is 1.26 bits per heavy atom. The van der Waals surface area contributed by atoms with E-state index in [-0.39, 0.29) is 23.0 Å². The summed E-state index contributed by atoms with van der Waals surface area (Å²) in [6, 6.07) is 8.22. The first-order chi connectivity index (χ1) is 8.93. The van der Waals surface area contributed by atoms with Gasteiger partial charge < -0.3 is 9.47 Å². The predicted molar refractivity (Wildman–Crippen MR) is 79.2 cm³/mol. The molecule has 106 valence electrons. The van der Waals surface area contributed by atoms with Gasteiger partial charge in [0.05, 0.1) is 5.38 Å². The summed E-state index contributed by atoms with van der Waals surface area (Å²) in [5.41, 5.74) is 1.30. The highest BCUT2D eigenvalue weighted by Gasteiger charge is 2.43. The van der Waals surface area contributed by atoms with Crippen molar-refractivity contribution >= 4 is 11.6 Å². The van der Waals surface area contributed by atoms with Gasteiger partial charge in [-0.15, -0.1) is 11.6 Å². The first-order valence-corrected chi connectivity index (χ1v) is 7.39. The molecule has 0 N–H and O–H groups in total. The van der Waals surface area contributed by atoms with Gasteiger partial charge in [0.25, 0.3) is 0 Å². The minimum Gasteiger partial charge on any atom is -0.487 e. The van der Waals surface area contributed by atoms with Crippen molar-refractivity contribution < 1.29 is 9.47 Å². The van der Waals surface area contributed by atoms with E-state index in [0.717, 1.165) is 12.2 Å². The van der Waals surface area contributed by atoms with Crippen LogP contribution in [0.4, 0.5) is 0 Å². The normalized spacial score (nSPS) is 26.9. The smallest absolute Gasteiger partial charge is 0.128 e. The predicted octanol–water partition coefficient (Wildman–Crippen LogP) is 4.15. The Kier molecular flexibility index (Phi) is 4.42. The molecule has 1 aliphatic rings. The third-order valence-electron chi connectivity index (χ3n) is 3.51. The van der Waals surface area contributed by atoms with Crippen LogP contribution in [0, 0.1) is 0 Å². The summed E-state index contributed by atoms with van der Waals surface area (Å²) in [6.45, 7) is 9.25. The van der Waals surface area contributed by atoms with Crippen LogP contribution < -0.4 is 4.74 Å². The Hall–Kier alpha value is -0.730. The van der Waals surface area contributed by atoms with Gasteiger partial charge in [0.2, 0.25) is 0 Å². The second kappa shape index (κ2) is 5.72. The Labute approximate surface area is 121 Å². The third kappa shape index (κ3) is 3.24. The zero-order valence-electron chi connectivity index (χ0n) is 12.2. The van der Waals surface area contributed by atoms with Gasteiger partial charge >= 0.3 is 0 Å². The second-order valence-corrected chi connectivity index (χ2v) is 6.63. The molecule has 2 rings (SSSR count). The molecule has 1 aromatic carbocycles. The topological polar surface area (TPSA) is 18.5 Å². The fourth-order valence-electron chi connectivity index (χ4n) is 2.40. The molecule has 3 atom stereocenters. The maximum Gasteiger partial charge on any atom is 0.128 e. The average Bonchev–Trinajstić information content (AvgIpc) is 2.35. The summed E-state index contributed by atoms with van der Waals surface area (Å²) < 4.78 is 11.8. The number of hydrogen-bond acceptors (Lipinski definition) is 2. The lowest BCUT2D eigenvalue weighted by Gasteiger charge is -2.41. The van der Waals surface area contributed by atoms with Gasteiger partial charge in [-0.3, -0.25) is 0 Å². The molecule has 0 bridgehead atoms. The fourth-order valence-corrected chi connectivity index (χ4v) is 2.81. The van der Waals surface area contributed by atoms with E-state index in [2.05, 4.69) is 32.9 Å². The van der Waals surface area contributed by atoms with Gasteiger partial charge in [-0.1, -0.05) is 39.0 Å². The quantitative estimate of drug-likeness (QED) is 0.773. The minimum absolute atomic E-state index is 0.0136. The molecule has 0 spiro atoms. The molecule has 1 fully saturated rings. The largest absolute Gasteiger partial charge is 0.487 e. The number of ether oxygens (including phenoxy) is 2. The lowest BCUT2D eigenvalue weighted by molar-refractivity contribution is -0.0764. The van der Waals surface area contributed by atoms with E-state index < -0.39 is 0 Å². The van der Waals surface area contributed by atoms with Crippen LogP contribution in [0.3, 0.4) is 0 Å². The molecular formula is C16H23ClO2. The number of rotatable bonds is 4. The minimum atomic E-state index is 0.0136. The molecule has 0 amide bonds. The van der Waals surface area contributed by atoms with E-state index in [1.165, 1.54) is 5.56 Å².